The minimum Gasteiger partial charge on any atom is -0.384 e. The smallest absolute Gasteiger partial charge is 0.133 e. The van der Waals surface area contributed by atoms with Crippen molar-refractivity contribution in [2.45, 2.75) is 25.2 Å². The summed E-state index contributed by atoms with van der Waals surface area (Å²) >= 11 is 0. The van der Waals surface area contributed by atoms with E-state index in [0.29, 0.717) is 24.5 Å². The molecule has 0 spiro atoms. The molecule has 0 amide bonds. The predicted molar refractivity (Wildman–Crippen MR) is 66.7 cm³/mol. The first-order valence-electron chi connectivity index (χ1n) is 5.76. The molecule has 84 valence electrons. The third-order valence-corrected chi connectivity index (χ3v) is 3.04. The highest BCUT2D eigenvalue weighted by molar-refractivity contribution is 5.80. The zero-order valence-corrected chi connectivity index (χ0v) is 9.41. The molecule has 1 aliphatic rings. The van der Waals surface area contributed by atoms with Crippen molar-refractivity contribution in [3.63, 3.8) is 0 Å². The quantitative estimate of drug-likeness (QED) is 0.764. The Morgan fingerprint density at radius 3 is 3.12 bits per heavy atom. The number of nitrogens with one attached hydrogen (secondary N) is 1. The second-order valence-electron chi connectivity index (χ2n) is 4.24. The monoisotopic (exact) mass is 215 g/mol. The molecule has 0 saturated carbocycles. The fraction of sp³-hybridized carbons (Fsp3) is 0.357. The Morgan fingerprint density at radius 1 is 1.50 bits per heavy atom. The van der Waals surface area contributed by atoms with Crippen molar-refractivity contribution in [3.05, 3.63) is 42.5 Å². The Labute approximate surface area is 96.4 Å². The van der Waals surface area contributed by atoms with Crippen LogP contribution in [0.2, 0.25) is 0 Å². The summed E-state index contributed by atoms with van der Waals surface area (Å²) in [6.45, 7) is 4.52. The van der Waals surface area contributed by atoms with Gasteiger partial charge in [0.05, 0.1) is 0 Å². The molecule has 1 heterocycles. The van der Waals surface area contributed by atoms with Gasteiger partial charge < -0.3 is 5.32 Å². The maximum atomic E-state index is 11.7. The molecule has 1 aromatic carbocycles. The SMILES string of the molecule is C=CCCC(=O)CC1CNc2ccccc21. The average molecular weight is 215 g/mol. The number of hydrogen-bond donors (Lipinski definition) is 1. The van der Waals surface area contributed by atoms with Gasteiger partial charge in [0.15, 0.2) is 0 Å². The van der Waals surface area contributed by atoms with Crippen LogP contribution in [0.5, 0.6) is 0 Å². The van der Waals surface area contributed by atoms with Gasteiger partial charge in [-0.3, -0.25) is 4.79 Å². The van der Waals surface area contributed by atoms with Gasteiger partial charge in [-0.2, -0.15) is 0 Å². The third kappa shape index (κ3) is 2.32. The summed E-state index contributed by atoms with van der Waals surface area (Å²) in [5, 5.41) is 3.34. The van der Waals surface area contributed by atoms with Crippen LogP contribution in [0.1, 0.15) is 30.7 Å². The molecule has 0 fully saturated rings. The van der Waals surface area contributed by atoms with E-state index >= 15 is 0 Å². The van der Waals surface area contributed by atoms with Crippen LogP contribution < -0.4 is 5.32 Å². The number of carbonyl (C=O) groups is 1. The van der Waals surface area contributed by atoms with Gasteiger partial charge in [0, 0.05) is 31.0 Å². The van der Waals surface area contributed by atoms with Gasteiger partial charge in [-0.15, -0.1) is 6.58 Å². The van der Waals surface area contributed by atoms with Crippen molar-refractivity contribution in [2.75, 3.05) is 11.9 Å². The highest BCUT2D eigenvalue weighted by atomic mass is 16.1. The number of rotatable bonds is 5. The van der Waals surface area contributed by atoms with Gasteiger partial charge in [-0.25, -0.2) is 0 Å². The van der Waals surface area contributed by atoms with Crippen molar-refractivity contribution in [2.24, 2.45) is 0 Å². The fourth-order valence-electron chi connectivity index (χ4n) is 2.18. The Kier molecular flexibility index (Phi) is 3.40. The lowest BCUT2D eigenvalue weighted by Gasteiger charge is -2.08. The van der Waals surface area contributed by atoms with Crippen molar-refractivity contribution >= 4 is 11.5 Å². The minimum absolute atomic E-state index is 0.336. The highest BCUT2D eigenvalue weighted by Crippen LogP contribution is 2.33. The van der Waals surface area contributed by atoms with Gasteiger partial charge in [-0.1, -0.05) is 24.3 Å². The molecular weight excluding hydrogens is 198 g/mol. The molecule has 16 heavy (non-hydrogen) atoms. The maximum Gasteiger partial charge on any atom is 0.133 e. The third-order valence-electron chi connectivity index (χ3n) is 3.04. The summed E-state index contributed by atoms with van der Waals surface area (Å²) in [6.07, 6.45) is 3.87. The van der Waals surface area contributed by atoms with Crippen LogP contribution in [0.15, 0.2) is 36.9 Å². The molecule has 1 N–H and O–H groups in total. The number of Topliss-reactive ketones (excluding diaryl/α,β-unsaturated/α-hetero) is 1. The summed E-state index contributed by atoms with van der Waals surface area (Å²) in [6, 6.07) is 8.24. The van der Waals surface area contributed by atoms with Gasteiger partial charge in [0.1, 0.15) is 5.78 Å². The molecular formula is C14H17NO. The number of para-hydroxylation sites is 1. The average Bonchev–Trinajstić information content (AvgIpc) is 2.70. The molecule has 2 heteroatoms. The Bertz CT molecular complexity index is 397. The van der Waals surface area contributed by atoms with Crippen LogP contribution in [0.25, 0.3) is 0 Å². The number of hydrogen-bond acceptors (Lipinski definition) is 2. The van der Waals surface area contributed by atoms with Crippen LogP contribution in [-0.2, 0) is 4.79 Å². The van der Waals surface area contributed by atoms with Crippen molar-refractivity contribution < 1.29 is 4.79 Å². The first kappa shape index (κ1) is 10.9. The van der Waals surface area contributed by atoms with Crippen molar-refractivity contribution in [1.29, 1.82) is 0 Å². The van der Waals surface area contributed by atoms with Gasteiger partial charge in [-0.05, 0) is 18.1 Å². The van der Waals surface area contributed by atoms with Crippen molar-refractivity contribution in [1.82, 2.24) is 0 Å². The zero-order chi connectivity index (χ0) is 11.4. The molecule has 2 nitrogen and oxygen atoms in total. The highest BCUT2D eigenvalue weighted by Gasteiger charge is 2.23. The first-order valence-corrected chi connectivity index (χ1v) is 5.76. The predicted octanol–water partition coefficient (Wildman–Crippen LogP) is 3.12. The van der Waals surface area contributed by atoms with E-state index in [-0.39, 0.29) is 0 Å². The van der Waals surface area contributed by atoms with Crippen LogP contribution in [0.3, 0.4) is 0 Å². The standard InChI is InChI=1S/C14H17NO/c1-2-3-6-12(16)9-11-10-15-14-8-5-4-7-13(11)14/h2,4-5,7-8,11,15H,1,3,6,9-10H2. The van der Waals surface area contributed by atoms with E-state index in [1.54, 1.807) is 6.08 Å². The van der Waals surface area contributed by atoms with Crippen LogP contribution in [0, 0.1) is 0 Å². The maximum absolute atomic E-state index is 11.7. The molecule has 0 saturated heterocycles. The Hall–Kier alpha value is -1.57. The molecule has 1 atom stereocenters. The Balaban J connectivity index is 1.98. The molecule has 1 aliphatic heterocycles. The van der Waals surface area contributed by atoms with E-state index in [4.69, 9.17) is 0 Å². The number of allylic oxidation sites excluding steroid dienone is 1. The lowest BCUT2D eigenvalue weighted by Crippen LogP contribution is -2.08. The van der Waals surface area contributed by atoms with Gasteiger partial charge >= 0.3 is 0 Å². The number of benzene rings is 1. The number of anilines is 1. The largest absolute Gasteiger partial charge is 0.384 e. The van der Waals surface area contributed by atoms with Gasteiger partial charge in [0.2, 0.25) is 0 Å². The number of ketones is 1. The number of fused-ring (bicyclic) bond motifs is 1. The van der Waals surface area contributed by atoms with E-state index in [9.17, 15) is 4.79 Å². The summed E-state index contributed by atoms with van der Waals surface area (Å²) in [5.74, 6) is 0.692. The minimum atomic E-state index is 0.336. The lowest BCUT2D eigenvalue weighted by molar-refractivity contribution is -0.119. The molecule has 0 aliphatic carbocycles. The second-order valence-corrected chi connectivity index (χ2v) is 4.24. The van der Waals surface area contributed by atoms with Crippen LogP contribution >= 0.6 is 0 Å². The summed E-state index contributed by atoms with van der Waals surface area (Å²) in [5.41, 5.74) is 2.47. The van der Waals surface area contributed by atoms with E-state index in [1.165, 1.54) is 11.3 Å². The van der Waals surface area contributed by atoms with Gasteiger partial charge in [0.25, 0.3) is 0 Å². The van der Waals surface area contributed by atoms with E-state index in [2.05, 4.69) is 24.0 Å². The summed E-state index contributed by atoms with van der Waals surface area (Å²) in [4.78, 5) is 11.7. The van der Waals surface area contributed by atoms with Crippen LogP contribution in [0.4, 0.5) is 5.69 Å². The summed E-state index contributed by atoms with van der Waals surface area (Å²) in [7, 11) is 0. The number of carbonyl (C=O) groups excluding carboxylic acids is 1. The van der Waals surface area contributed by atoms with E-state index < -0.39 is 0 Å². The first-order chi connectivity index (χ1) is 7.81. The van der Waals surface area contributed by atoms with Crippen LogP contribution in [-0.4, -0.2) is 12.3 Å². The van der Waals surface area contributed by atoms with E-state index in [1.807, 2.05) is 12.1 Å². The fourth-order valence-corrected chi connectivity index (χ4v) is 2.18. The normalized spacial score (nSPS) is 17.6. The zero-order valence-electron chi connectivity index (χ0n) is 9.41. The molecule has 0 bridgehead atoms. The lowest BCUT2D eigenvalue weighted by atomic mass is 9.94. The van der Waals surface area contributed by atoms with E-state index in [0.717, 1.165) is 13.0 Å². The molecule has 0 radical (unpaired) electrons. The molecule has 0 aromatic heterocycles. The molecule has 1 aromatic rings. The molecule has 2 rings (SSSR count). The topological polar surface area (TPSA) is 29.1 Å². The molecule has 1 unspecified atom stereocenters. The van der Waals surface area contributed by atoms with Crippen molar-refractivity contribution in [3.8, 4) is 0 Å². The Morgan fingerprint density at radius 2 is 2.31 bits per heavy atom. The summed E-state index contributed by atoms with van der Waals surface area (Å²) < 4.78 is 0. The second kappa shape index (κ2) is 4.97.